The Morgan fingerprint density at radius 3 is 2.44 bits per heavy atom. The van der Waals surface area contributed by atoms with Crippen molar-refractivity contribution in [2.75, 3.05) is 11.0 Å². The van der Waals surface area contributed by atoms with Gasteiger partial charge in [-0.2, -0.15) is 0 Å². The van der Waals surface area contributed by atoms with Crippen molar-refractivity contribution in [2.24, 2.45) is 0 Å². The number of nitrogens with one attached hydrogen (secondary N) is 1. The predicted octanol–water partition coefficient (Wildman–Crippen LogP) is -0.285. The second kappa shape index (κ2) is 4.73. The predicted molar refractivity (Wildman–Crippen MR) is 60.5 cm³/mol. The van der Waals surface area contributed by atoms with Gasteiger partial charge in [0.1, 0.15) is 5.75 Å². The lowest BCUT2D eigenvalue weighted by Gasteiger charge is -2.10. The van der Waals surface area contributed by atoms with Crippen LogP contribution >= 0.6 is 0 Å². The molecule has 6 nitrogen and oxygen atoms in total. The maximum absolute atomic E-state index is 11.0. The number of benzene rings is 1. The summed E-state index contributed by atoms with van der Waals surface area (Å²) >= 11 is 0. The Morgan fingerprint density at radius 2 is 2.00 bits per heavy atom. The van der Waals surface area contributed by atoms with E-state index < -0.39 is 17.3 Å². The zero-order valence-corrected chi connectivity index (χ0v) is 9.65. The molecule has 1 aromatic rings. The summed E-state index contributed by atoms with van der Waals surface area (Å²) in [5.41, 5.74) is 0.974. The molecule has 0 unspecified atom stereocenters. The molecule has 16 heavy (non-hydrogen) atoms. The molecule has 1 rings (SSSR count). The lowest BCUT2D eigenvalue weighted by atomic mass is 10.1. The molecule has 0 fully saturated rings. The molecule has 88 valence electrons. The van der Waals surface area contributed by atoms with Crippen LogP contribution in [-0.2, 0) is 10.0 Å². The van der Waals surface area contributed by atoms with Gasteiger partial charge < -0.3 is 14.7 Å². The van der Waals surface area contributed by atoms with Crippen molar-refractivity contribution in [3.05, 3.63) is 23.8 Å². The first-order valence-corrected chi connectivity index (χ1v) is 6.28. The first kappa shape index (κ1) is 12.8. The Labute approximate surface area is 94.1 Å². The van der Waals surface area contributed by atoms with Crippen LogP contribution in [0.5, 0.6) is 5.75 Å². The number of anilines is 1. The highest BCUT2D eigenvalue weighted by atomic mass is 32.2. The van der Waals surface area contributed by atoms with E-state index in [2.05, 4.69) is 9.38 Å². The molecule has 0 radical (unpaired) electrons. The van der Waals surface area contributed by atoms with E-state index in [1.165, 1.54) is 18.2 Å². The van der Waals surface area contributed by atoms with E-state index in [-0.39, 0.29) is 5.75 Å². The number of aryl methyl sites for hydroxylation is 1. The van der Waals surface area contributed by atoms with Crippen LogP contribution in [0.2, 0.25) is 0 Å². The average Bonchev–Trinajstić information content (AvgIpc) is 2.06. The standard InChI is InChI=1S/C8H12BNO5S/c1-6-5-7(10-16(2,13)14)3-4-8(6)15-9(11)12/h3-5,10-12H,1-2H3. The summed E-state index contributed by atoms with van der Waals surface area (Å²) in [5.74, 6) is 0.272. The van der Waals surface area contributed by atoms with Gasteiger partial charge in [-0.3, -0.25) is 4.72 Å². The van der Waals surface area contributed by atoms with Crippen molar-refractivity contribution >= 4 is 23.0 Å². The second-order valence-corrected chi connectivity index (χ2v) is 5.05. The summed E-state index contributed by atoms with van der Waals surface area (Å²) in [4.78, 5) is 0. The fourth-order valence-corrected chi connectivity index (χ4v) is 1.73. The molecule has 0 saturated carbocycles. The van der Waals surface area contributed by atoms with E-state index >= 15 is 0 Å². The van der Waals surface area contributed by atoms with Crippen LogP contribution in [0.3, 0.4) is 0 Å². The Bertz CT molecular complexity index is 473. The van der Waals surface area contributed by atoms with E-state index in [0.29, 0.717) is 11.3 Å². The zero-order valence-electron chi connectivity index (χ0n) is 8.84. The minimum Gasteiger partial charge on any atom is -0.512 e. The maximum atomic E-state index is 11.0. The molecular formula is C8H12BNO5S. The number of hydrogen-bond acceptors (Lipinski definition) is 5. The normalized spacial score (nSPS) is 11.0. The molecule has 1 aromatic carbocycles. The molecule has 8 heteroatoms. The van der Waals surface area contributed by atoms with Crippen molar-refractivity contribution in [3.63, 3.8) is 0 Å². The minimum absolute atomic E-state index is 0.272. The maximum Gasteiger partial charge on any atom is 0.707 e. The molecule has 0 heterocycles. The molecule has 0 saturated heterocycles. The van der Waals surface area contributed by atoms with Crippen LogP contribution in [0, 0.1) is 6.92 Å². The van der Waals surface area contributed by atoms with Crippen LogP contribution in [0.15, 0.2) is 18.2 Å². The molecule has 3 N–H and O–H groups in total. The zero-order chi connectivity index (χ0) is 12.3. The highest BCUT2D eigenvalue weighted by Gasteiger charge is 2.13. The number of hydrogen-bond donors (Lipinski definition) is 3. The molecule has 0 aliphatic heterocycles. The van der Waals surface area contributed by atoms with Gasteiger partial charge in [0.15, 0.2) is 0 Å². The van der Waals surface area contributed by atoms with Gasteiger partial charge in [0.05, 0.1) is 6.26 Å². The second-order valence-electron chi connectivity index (χ2n) is 3.30. The third-order valence-electron chi connectivity index (χ3n) is 1.71. The van der Waals surface area contributed by atoms with Crippen molar-refractivity contribution < 1.29 is 23.1 Å². The van der Waals surface area contributed by atoms with E-state index in [0.717, 1.165) is 6.26 Å². The summed E-state index contributed by atoms with van der Waals surface area (Å²) < 4.78 is 28.9. The van der Waals surface area contributed by atoms with E-state index in [1.807, 2.05) is 0 Å². The van der Waals surface area contributed by atoms with E-state index in [9.17, 15) is 8.42 Å². The summed E-state index contributed by atoms with van der Waals surface area (Å²) in [6.45, 7) is 1.66. The summed E-state index contributed by atoms with van der Waals surface area (Å²) in [6, 6.07) is 4.44. The fraction of sp³-hybridized carbons (Fsp3) is 0.250. The topological polar surface area (TPSA) is 95.9 Å². The highest BCUT2D eigenvalue weighted by Crippen LogP contribution is 2.22. The fourth-order valence-electron chi connectivity index (χ4n) is 1.17. The summed E-state index contributed by atoms with van der Waals surface area (Å²) in [6.07, 6.45) is 1.05. The van der Waals surface area contributed by atoms with Gasteiger partial charge in [0.2, 0.25) is 10.0 Å². The Balaban J connectivity index is 2.91. The van der Waals surface area contributed by atoms with Gasteiger partial charge in [-0.1, -0.05) is 0 Å². The first-order valence-electron chi connectivity index (χ1n) is 4.39. The van der Waals surface area contributed by atoms with E-state index in [4.69, 9.17) is 10.0 Å². The molecule has 0 aromatic heterocycles. The van der Waals surface area contributed by atoms with Gasteiger partial charge in [0.25, 0.3) is 0 Å². The summed E-state index contributed by atoms with van der Waals surface area (Å²) in [7, 11) is -5.22. The number of sulfonamides is 1. The smallest absolute Gasteiger partial charge is 0.512 e. The molecule has 0 bridgehead atoms. The SMILES string of the molecule is Cc1cc(NS(C)(=O)=O)ccc1OB(O)O. The van der Waals surface area contributed by atoms with Crippen LogP contribution in [0.4, 0.5) is 5.69 Å². The Morgan fingerprint density at radius 1 is 1.38 bits per heavy atom. The first-order chi connectivity index (χ1) is 7.28. The lowest BCUT2D eigenvalue weighted by molar-refractivity contribution is 0.287. The van der Waals surface area contributed by atoms with Crippen LogP contribution in [0.25, 0.3) is 0 Å². The largest absolute Gasteiger partial charge is 0.707 e. The third kappa shape index (κ3) is 4.09. The minimum atomic E-state index is -3.32. The molecule has 0 atom stereocenters. The molecule has 0 spiro atoms. The van der Waals surface area contributed by atoms with Crippen LogP contribution < -0.4 is 9.38 Å². The average molecular weight is 245 g/mol. The van der Waals surface area contributed by atoms with Gasteiger partial charge in [-0.15, -0.1) is 0 Å². The van der Waals surface area contributed by atoms with Gasteiger partial charge in [-0.05, 0) is 30.7 Å². The third-order valence-corrected chi connectivity index (χ3v) is 2.32. The quantitative estimate of drug-likeness (QED) is 0.633. The van der Waals surface area contributed by atoms with Crippen LogP contribution in [0.1, 0.15) is 5.56 Å². The molecule has 0 aliphatic rings. The molecule has 0 amide bonds. The van der Waals surface area contributed by atoms with Crippen molar-refractivity contribution in [1.82, 2.24) is 0 Å². The van der Waals surface area contributed by atoms with Crippen molar-refractivity contribution in [2.45, 2.75) is 6.92 Å². The Hall–Kier alpha value is -1.25. The van der Waals surface area contributed by atoms with Crippen molar-refractivity contribution in [3.8, 4) is 5.75 Å². The summed E-state index contributed by atoms with van der Waals surface area (Å²) in [5, 5.41) is 17.2. The monoisotopic (exact) mass is 245 g/mol. The molecular weight excluding hydrogens is 233 g/mol. The van der Waals surface area contributed by atoms with Gasteiger partial charge in [-0.25, -0.2) is 8.42 Å². The van der Waals surface area contributed by atoms with Gasteiger partial charge in [0, 0.05) is 5.69 Å². The van der Waals surface area contributed by atoms with E-state index in [1.54, 1.807) is 6.92 Å². The Kier molecular flexibility index (Phi) is 3.79. The van der Waals surface area contributed by atoms with Crippen molar-refractivity contribution in [1.29, 1.82) is 0 Å². The lowest BCUT2D eigenvalue weighted by Crippen LogP contribution is -2.21. The van der Waals surface area contributed by atoms with Crippen LogP contribution in [-0.4, -0.2) is 32.0 Å². The number of rotatable bonds is 4. The molecule has 0 aliphatic carbocycles. The van der Waals surface area contributed by atoms with Gasteiger partial charge >= 0.3 is 7.32 Å². The highest BCUT2D eigenvalue weighted by molar-refractivity contribution is 7.92.